The van der Waals surface area contributed by atoms with E-state index in [9.17, 15) is 9.59 Å². The van der Waals surface area contributed by atoms with Crippen LogP contribution in [0.25, 0.3) is 0 Å². The van der Waals surface area contributed by atoms with Crippen molar-refractivity contribution in [3.05, 3.63) is 65.0 Å². The molecule has 1 aromatic heterocycles. The maximum Gasteiger partial charge on any atom is 0.234 e. The number of amides is 2. The molecule has 0 aliphatic rings. The molecular weight excluding hydrogens is 422 g/mol. The van der Waals surface area contributed by atoms with Crippen LogP contribution in [0.5, 0.6) is 0 Å². The van der Waals surface area contributed by atoms with Crippen LogP contribution >= 0.6 is 11.8 Å². The van der Waals surface area contributed by atoms with Crippen LogP contribution in [0.4, 0.5) is 11.4 Å². The van der Waals surface area contributed by atoms with Crippen LogP contribution in [-0.2, 0) is 29.0 Å². The molecule has 0 unspecified atom stereocenters. The van der Waals surface area contributed by atoms with E-state index in [1.807, 2.05) is 67.8 Å². The number of anilines is 2. The minimum absolute atomic E-state index is 0.101. The first kappa shape index (κ1) is 23.5. The van der Waals surface area contributed by atoms with Gasteiger partial charge in [-0.3, -0.25) is 9.59 Å². The normalized spacial score (nSPS) is 10.8. The Labute approximate surface area is 193 Å². The molecule has 0 saturated heterocycles. The Hall–Kier alpha value is -3.13. The fourth-order valence-corrected chi connectivity index (χ4v) is 4.13. The average molecular weight is 452 g/mol. The van der Waals surface area contributed by atoms with E-state index in [4.69, 9.17) is 0 Å². The van der Waals surface area contributed by atoms with Crippen LogP contribution in [0, 0.1) is 13.8 Å². The highest BCUT2D eigenvalue weighted by Crippen LogP contribution is 2.20. The topological polar surface area (TPSA) is 88.9 Å². The van der Waals surface area contributed by atoms with E-state index in [0.29, 0.717) is 17.5 Å². The van der Waals surface area contributed by atoms with Crippen molar-refractivity contribution in [1.29, 1.82) is 0 Å². The maximum absolute atomic E-state index is 12.5. The molecule has 2 aromatic carbocycles. The minimum Gasteiger partial charge on any atom is -0.326 e. The second-order valence-electron chi connectivity index (χ2n) is 7.51. The minimum atomic E-state index is -0.152. The number of benzene rings is 2. The number of carbonyl (C=O) groups is 2. The van der Waals surface area contributed by atoms with Crippen molar-refractivity contribution in [1.82, 2.24) is 14.8 Å². The van der Waals surface area contributed by atoms with Gasteiger partial charge in [0.25, 0.3) is 0 Å². The molecule has 0 aliphatic carbocycles. The van der Waals surface area contributed by atoms with Crippen LogP contribution in [0.2, 0.25) is 0 Å². The lowest BCUT2D eigenvalue weighted by Gasteiger charge is -2.10. The Balaban J connectivity index is 1.59. The van der Waals surface area contributed by atoms with Gasteiger partial charge >= 0.3 is 0 Å². The van der Waals surface area contributed by atoms with Gasteiger partial charge in [0, 0.05) is 17.9 Å². The second-order valence-corrected chi connectivity index (χ2v) is 8.46. The number of hydrogen-bond acceptors (Lipinski definition) is 5. The third-order valence-corrected chi connectivity index (χ3v) is 6.19. The first-order valence-corrected chi connectivity index (χ1v) is 11.7. The first-order valence-electron chi connectivity index (χ1n) is 10.7. The van der Waals surface area contributed by atoms with Crippen molar-refractivity contribution in [2.45, 2.75) is 52.2 Å². The van der Waals surface area contributed by atoms with E-state index in [0.717, 1.165) is 28.9 Å². The Morgan fingerprint density at radius 1 is 0.969 bits per heavy atom. The molecule has 168 valence electrons. The lowest BCUT2D eigenvalue weighted by atomic mass is 10.1. The monoisotopic (exact) mass is 451 g/mol. The molecule has 7 nitrogen and oxygen atoms in total. The van der Waals surface area contributed by atoms with Crippen molar-refractivity contribution >= 4 is 35.0 Å². The molecule has 0 atom stereocenters. The van der Waals surface area contributed by atoms with Crippen molar-refractivity contribution in [3.63, 3.8) is 0 Å². The van der Waals surface area contributed by atoms with E-state index in [-0.39, 0.29) is 24.0 Å². The molecule has 2 N–H and O–H groups in total. The zero-order valence-corrected chi connectivity index (χ0v) is 19.8. The summed E-state index contributed by atoms with van der Waals surface area (Å²) >= 11 is 1.31. The highest BCUT2D eigenvalue weighted by molar-refractivity contribution is 7.99. The molecule has 3 rings (SSSR count). The highest BCUT2D eigenvalue weighted by atomic mass is 32.2. The summed E-state index contributed by atoms with van der Waals surface area (Å²) in [5.41, 5.74) is 5.00. The van der Waals surface area contributed by atoms with Crippen LogP contribution in [0.3, 0.4) is 0 Å². The van der Waals surface area contributed by atoms with Gasteiger partial charge in [0.15, 0.2) is 5.16 Å². The third kappa shape index (κ3) is 5.97. The summed E-state index contributed by atoms with van der Waals surface area (Å²) in [4.78, 5) is 25.0. The summed E-state index contributed by atoms with van der Waals surface area (Å²) < 4.78 is 1.87. The fourth-order valence-electron chi connectivity index (χ4n) is 3.31. The second kappa shape index (κ2) is 10.9. The molecule has 0 radical (unpaired) electrons. The third-order valence-electron chi connectivity index (χ3n) is 5.22. The van der Waals surface area contributed by atoms with Crippen LogP contribution in [0.1, 0.15) is 36.4 Å². The number of nitrogens with one attached hydrogen (secondary N) is 2. The Morgan fingerprint density at radius 3 is 2.47 bits per heavy atom. The predicted octanol–water partition coefficient (Wildman–Crippen LogP) is 4.39. The van der Waals surface area contributed by atoms with Crippen molar-refractivity contribution in [2.75, 3.05) is 16.4 Å². The fraction of sp³-hybridized carbons (Fsp3) is 0.333. The number of hydrogen-bond donors (Lipinski definition) is 2. The van der Waals surface area contributed by atoms with Crippen LogP contribution < -0.4 is 10.6 Å². The van der Waals surface area contributed by atoms with Crippen molar-refractivity contribution in [3.8, 4) is 0 Å². The van der Waals surface area contributed by atoms with Gasteiger partial charge in [-0.15, -0.1) is 10.2 Å². The van der Waals surface area contributed by atoms with E-state index in [2.05, 4.69) is 27.8 Å². The zero-order valence-electron chi connectivity index (χ0n) is 18.9. The van der Waals surface area contributed by atoms with Gasteiger partial charge < -0.3 is 15.2 Å². The van der Waals surface area contributed by atoms with Gasteiger partial charge in [0.05, 0.1) is 12.2 Å². The molecule has 0 fully saturated rings. The standard InChI is InChI=1S/C24H29N5O2S/c1-5-18-9-7-8-10-20(18)26-23(31)15-32-24-28-27-21(29(24)6-2)14-22(30)25-19-12-11-16(3)17(4)13-19/h7-13H,5-6,14-15H2,1-4H3,(H,25,30)(H,26,31). The molecule has 0 aliphatic heterocycles. The van der Waals surface area contributed by atoms with Crippen LogP contribution in [0.15, 0.2) is 47.6 Å². The number of aromatic nitrogens is 3. The van der Waals surface area contributed by atoms with Gasteiger partial charge in [-0.25, -0.2) is 0 Å². The lowest BCUT2D eigenvalue weighted by molar-refractivity contribution is -0.116. The smallest absolute Gasteiger partial charge is 0.234 e. The Kier molecular flexibility index (Phi) is 8.05. The van der Waals surface area contributed by atoms with E-state index in [1.165, 1.54) is 17.3 Å². The SMILES string of the molecule is CCc1ccccc1NC(=O)CSc1nnc(CC(=O)Nc2ccc(C)c(C)c2)n1CC. The summed E-state index contributed by atoms with van der Waals surface area (Å²) in [5.74, 6) is 0.537. The largest absolute Gasteiger partial charge is 0.326 e. The van der Waals surface area contributed by atoms with Gasteiger partial charge in [-0.1, -0.05) is 43.0 Å². The summed E-state index contributed by atoms with van der Waals surface area (Å²) in [5, 5.41) is 14.9. The Bertz CT molecular complexity index is 1110. The molecule has 0 saturated carbocycles. The zero-order chi connectivity index (χ0) is 23.1. The Morgan fingerprint density at radius 2 is 1.75 bits per heavy atom. The van der Waals surface area contributed by atoms with E-state index < -0.39 is 0 Å². The van der Waals surface area contributed by atoms with Gasteiger partial charge in [-0.2, -0.15) is 0 Å². The van der Waals surface area contributed by atoms with Crippen molar-refractivity contribution < 1.29 is 9.59 Å². The summed E-state index contributed by atoms with van der Waals surface area (Å²) in [6, 6.07) is 13.6. The summed E-state index contributed by atoms with van der Waals surface area (Å²) in [6.45, 7) is 8.69. The van der Waals surface area contributed by atoms with Gasteiger partial charge in [-0.05, 0) is 62.1 Å². The molecule has 32 heavy (non-hydrogen) atoms. The predicted molar refractivity (Wildman–Crippen MR) is 129 cm³/mol. The van der Waals surface area contributed by atoms with Gasteiger partial charge in [0.2, 0.25) is 11.8 Å². The molecule has 2 amide bonds. The van der Waals surface area contributed by atoms with Crippen LogP contribution in [-0.4, -0.2) is 32.3 Å². The number of nitrogens with zero attached hydrogens (tertiary/aromatic N) is 3. The quantitative estimate of drug-likeness (QED) is 0.471. The number of para-hydroxylation sites is 1. The molecule has 1 heterocycles. The van der Waals surface area contributed by atoms with E-state index in [1.54, 1.807) is 0 Å². The molecular formula is C24H29N5O2S. The number of carbonyl (C=O) groups excluding carboxylic acids is 2. The highest BCUT2D eigenvalue weighted by Gasteiger charge is 2.16. The van der Waals surface area contributed by atoms with Gasteiger partial charge in [0.1, 0.15) is 5.82 Å². The number of thioether (sulfide) groups is 1. The molecule has 0 bridgehead atoms. The number of rotatable bonds is 9. The van der Waals surface area contributed by atoms with E-state index >= 15 is 0 Å². The first-order chi connectivity index (χ1) is 15.4. The van der Waals surface area contributed by atoms with Crippen molar-refractivity contribution in [2.24, 2.45) is 0 Å². The maximum atomic E-state index is 12.5. The summed E-state index contributed by atoms with van der Waals surface area (Å²) in [6.07, 6.45) is 0.964. The average Bonchev–Trinajstić information content (AvgIpc) is 3.16. The lowest BCUT2D eigenvalue weighted by Crippen LogP contribution is -2.18. The molecule has 3 aromatic rings. The molecule has 8 heteroatoms. The molecule has 0 spiro atoms. The summed E-state index contributed by atoms with van der Waals surface area (Å²) in [7, 11) is 0. The number of aryl methyl sites for hydroxylation is 3.